The minimum absolute atomic E-state index is 0.380. The standard InChI is InChI=1S/C9H11NOS/c11-9-1-3-10(6-9)5-8-2-4-12-7-8/h2,4,7H,1,3,5-6H2. The van der Waals surface area contributed by atoms with Gasteiger partial charge >= 0.3 is 0 Å². The Kier molecular flexibility index (Phi) is 2.23. The first-order valence-corrected chi connectivity index (χ1v) is 5.04. The maximum atomic E-state index is 10.9. The zero-order valence-corrected chi connectivity index (χ0v) is 7.64. The van der Waals surface area contributed by atoms with Crippen molar-refractivity contribution in [2.24, 2.45) is 0 Å². The fourth-order valence-electron chi connectivity index (χ4n) is 1.47. The van der Waals surface area contributed by atoms with Crippen molar-refractivity contribution in [1.29, 1.82) is 0 Å². The number of hydrogen-bond acceptors (Lipinski definition) is 3. The Morgan fingerprint density at radius 2 is 2.50 bits per heavy atom. The summed E-state index contributed by atoms with van der Waals surface area (Å²) < 4.78 is 0. The molecule has 1 aliphatic heterocycles. The number of thiophene rings is 1. The lowest BCUT2D eigenvalue weighted by Gasteiger charge is -2.11. The average molecular weight is 181 g/mol. The highest BCUT2D eigenvalue weighted by Crippen LogP contribution is 2.12. The van der Waals surface area contributed by atoms with E-state index in [1.165, 1.54) is 5.56 Å². The molecule has 1 aromatic heterocycles. The number of nitrogens with zero attached hydrogens (tertiary/aromatic N) is 1. The molecule has 64 valence electrons. The fourth-order valence-corrected chi connectivity index (χ4v) is 2.13. The molecule has 3 heteroatoms. The van der Waals surface area contributed by atoms with Crippen molar-refractivity contribution in [1.82, 2.24) is 4.90 Å². The third-order valence-electron chi connectivity index (χ3n) is 2.09. The monoisotopic (exact) mass is 181 g/mol. The van der Waals surface area contributed by atoms with Gasteiger partial charge in [0, 0.05) is 19.5 Å². The molecule has 0 atom stereocenters. The molecule has 0 radical (unpaired) electrons. The molecule has 0 aliphatic carbocycles. The number of likely N-dealkylation sites (tertiary alicyclic amines) is 1. The number of ketones is 1. The fraction of sp³-hybridized carbons (Fsp3) is 0.444. The Bertz CT molecular complexity index is 268. The number of carbonyl (C=O) groups excluding carboxylic acids is 1. The summed E-state index contributed by atoms with van der Waals surface area (Å²) in [5, 5.41) is 4.22. The van der Waals surface area contributed by atoms with Gasteiger partial charge in [0.15, 0.2) is 0 Å². The lowest BCUT2D eigenvalue weighted by Crippen LogP contribution is -2.19. The van der Waals surface area contributed by atoms with Crippen LogP contribution in [0.4, 0.5) is 0 Å². The van der Waals surface area contributed by atoms with Crippen LogP contribution in [-0.4, -0.2) is 23.8 Å². The van der Waals surface area contributed by atoms with Gasteiger partial charge in [-0.3, -0.25) is 9.69 Å². The Hall–Kier alpha value is -0.670. The summed E-state index contributed by atoms with van der Waals surface area (Å²) in [6, 6.07) is 2.12. The first-order chi connectivity index (χ1) is 5.84. The second-order valence-corrected chi connectivity index (χ2v) is 3.91. The van der Waals surface area contributed by atoms with Gasteiger partial charge in [-0.05, 0) is 22.4 Å². The van der Waals surface area contributed by atoms with Gasteiger partial charge in [0.1, 0.15) is 5.78 Å². The summed E-state index contributed by atoms with van der Waals surface area (Å²) in [5.41, 5.74) is 1.33. The van der Waals surface area contributed by atoms with Crippen LogP contribution in [-0.2, 0) is 11.3 Å². The highest BCUT2D eigenvalue weighted by Gasteiger charge is 2.18. The van der Waals surface area contributed by atoms with E-state index in [2.05, 4.69) is 21.7 Å². The molecule has 2 heterocycles. The van der Waals surface area contributed by atoms with Crippen molar-refractivity contribution >= 4 is 17.1 Å². The molecule has 0 bridgehead atoms. The van der Waals surface area contributed by atoms with E-state index in [1.54, 1.807) is 11.3 Å². The molecule has 2 rings (SSSR count). The van der Waals surface area contributed by atoms with Crippen molar-refractivity contribution in [3.63, 3.8) is 0 Å². The van der Waals surface area contributed by atoms with Crippen LogP contribution in [0.2, 0.25) is 0 Å². The second kappa shape index (κ2) is 3.37. The van der Waals surface area contributed by atoms with Crippen LogP contribution < -0.4 is 0 Å². The maximum absolute atomic E-state index is 10.9. The van der Waals surface area contributed by atoms with E-state index in [-0.39, 0.29) is 0 Å². The van der Waals surface area contributed by atoms with Crippen LogP contribution in [0.3, 0.4) is 0 Å². The topological polar surface area (TPSA) is 20.3 Å². The van der Waals surface area contributed by atoms with Gasteiger partial charge in [0.05, 0.1) is 6.54 Å². The van der Waals surface area contributed by atoms with E-state index in [0.29, 0.717) is 12.3 Å². The van der Waals surface area contributed by atoms with Crippen molar-refractivity contribution in [2.75, 3.05) is 13.1 Å². The number of carbonyl (C=O) groups is 1. The maximum Gasteiger partial charge on any atom is 0.148 e. The largest absolute Gasteiger partial charge is 0.298 e. The van der Waals surface area contributed by atoms with Crippen LogP contribution in [0.1, 0.15) is 12.0 Å². The molecule has 0 N–H and O–H groups in total. The van der Waals surface area contributed by atoms with Crippen LogP contribution in [0.15, 0.2) is 16.8 Å². The SMILES string of the molecule is O=C1CCN(Cc2ccsc2)C1. The molecule has 0 amide bonds. The second-order valence-electron chi connectivity index (χ2n) is 3.13. The van der Waals surface area contributed by atoms with E-state index in [1.807, 2.05) is 0 Å². The van der Waals surface area contributed by atoms with Crippen LogP contribution in [0.5, 0.6) is 0 Å². The lowest BCUT2D eigenvalue weighted by atomic mass is 10.3. The predicted octanol–water partition coefficient (Wildman–Crippen LogP) is 1.52. The lowest BCUT2D eigenvalue weighted by molar-refractivity contribution is -0.116. The summed E-state index contributed by atoms with van der Waals surface area (Å²) in [6.45, 7) is 2.53. The molecular formula is C9H11NOS. The van der Waals surface area contributed by atoms with E-state index >= 15 is 0 Å². The molecule has 0 aromatic carbocycles. The first-order valence-electron chi connectivity index (χ1n) is 4.10. The number of rotatable bonds is 2. The van der Waals surface area contributed by atoms with Crippen LogP contribution in [0.25, 0.3) is 0 Å². The molecule has 0 spiro atoms. The third-order valence-corrected chi connectivity index (χ3v) is 2.83. The number of hydrogen-bond donors (Lipinski definition) is 0. The Labute approximate surface area is 75.8 Å². The van der Waals surface area contributed by atoms with Gasteiger partial charge in [-0.15, -0.1) is 0 Å². The summed E-state index contributed by atoms with van der Waals surface area (Å²) in [6.07, 6.45) is 0.740. The normalized spacial score (nSPS) is 18.8. The molecule has 0 saturated carbocycles. The molecule has 0 unspecified atom stereocenters. The molecule has 1 saturated heterocycles. The first kappa shape index (κ1) is 7.95. The van der Waals surface area contributed by atoms with Crippen molar-refractivity contribution in [3.05, 3.63) is 22.4 Å². The summed E-state index contributed by atoms with van der Waals surface area (Å²) >= 11 is 1.71. The molecule has 1 aliphatic rings. The zero-order valence-electron chi connectivity index (χ0n) is 6.82. The summed E-state index contributed by atoms with van der Waals surface area (Å²) in [7, 11) is 0. The highest BCUT2D eigenvalue weighted by atomic mass is 32.1. The van der Waals surface area contributed by atoms with E-state index in [0.717, 1.165) is 19.5 Å². The minimum Gasteiger partial charge on any atom is -0.298 e. The quantitative estimate of drug-likeness (QED) is 0.689. The van der Waals surface area contributed by atoms with E-state index in [9.17, 15) is 4.79 Å². The van der Waals surface area contributed by atoms with Gasteiger partial charge in [-0.25, -0.2) is 0 Å². The molecule has 1 aromatic rings. The molecule has 2 nitrogen and oxygen atoms in total. The highest BCUT2D eigenvalue weighted by molar-refractivity contribution is 7.07. The average Bonchev–Trinajstić information content (AvgIpc) is 2.63. The van der Waals surface area contributed by atoms with Crippen LogP contribution >= 0.6 is 11.3 Å². The van der Waals surface area contributed by atoms with Gasteiger partial charge in [-0.1, -0.05) is 0 Å². The zero-order chi connectivity index (χ0) is 8.39. The Morgan fingerprint density at radius 1 is 1.58 bits per heavy atom. The van der Waals surface area contributed by atoms with Gasteiger partial charge in [0.2, 0.25) is 0 Å². The van der Waals surface area contributed by atoms with E-state index in [4.69, 9.17) is 0 Å². The molecule has 12 heavy (non-hydrogen) atoms. The summed E-state index contributed by atoms with van der Waals surface area (Å²) in [5.74, 6) is 0.380. The van der Waals surface area contributed by atoms with Crippen LogP contribution in [0, 0.1) is 0 Å². The number of Topliss-reactive ketones (excluding diaryl/α,β-unsaturated/α-hetero) is 1. The van der Waals surface area contributed by atoms with Gasteiger partial charge < -0.3 is 0 Å². The van der Waals surface area contributed by atoms with Gasteiger partial charge in [-0.2, -0.15) is 11.3 Å². The smallest absolute Gasteiger partial charge is 0.148 e. The van der Waals surface area contributed by atoms with Gasteiger partial charge in [0.25, 0.3) is 0 Å². The Morgan fingerprint density at radius 3 is 3.08 bits per heavy atom. The third kappa shape index (κ3) is 1.73. The summed E-state index contributed by atoms with van der Waals surface area (Å²) in [4.78, 5) is 13.1. The Balaban J connectivity index is 1.92. The molecular weight excluding hydrogens is 170 g/mol. The molecule has 1 fully saturated rings. The minimum atomic E-state index is 0.380. The predicted molar refractivity (Wildman–Crippen MR) is 49.2 cm³/mol. The van der Waals surface area contributed by atoms with Crippen molar-refractivity contribution < 1.29 is 4.79 Å². The van der Waals surface area contributed by atoms with E-state index < -0.39 is 0 Å². The van der Waals surface area contributed by atoms with Crippen molar-refractivity contribution in [2.45, 2.75) is 13.0 Å². The van der Waals surface area contributed by atoms with Crippen molar-refractivity contribution in [3.8, 4) is 0 Å².